The Balaban J connectivity index is 1.95. The molecule has 0 atom stereocenters. The molecule has 4 heteroatoms. The van der Waals surface area contributed by atoms with E-state index in [9.17, 15) is 0 Å². The van der Waals surface area contributed by atoms with Crippen LogP contribution in [0.5, 0.6) is 0 Å². The van der Waals surface area contributed by atoms with Gasteiger partial charge in [-0.2, -0.15) is 0 Å². The molecule has 3 rings (SSSR count). The average Bonchev–Trinajstić information content (AvgIpc) is 2.55. The summed E-state index contributed by atoms with van der Waals surface area (Å²) in [5.41, 5.74) is 10.5. The topological polar surface area (TPSA) is 40.2 Å². The van der Waals surface area contributed by atoms with Gasteiger partial charge < -0.3 is 5.32 Å². The average molecular weight is 306 g/mol. The molecule has 0 radical (unpaired) electrons. The lowest BCUT2D eigenvalue weighted by Gasteiger charge is -2.34. The van der Waals surface area contributed by atoms with Crippen molar-refractivity contribution in [1.29, 1.82) is 0 Å². The Morgan fingerprint density at radius 3 is 2.22 bits per heavy atom. The van der Waals surface area contributed by atoms with Crippen molar-refractivity contribution < 1.29 is 0 Å². The van der Waals surface area contributed by atoms with E-state index in [0.29, 0.717) is 0 Å². The van der Waals surface area contributed by atoms with Crippen LogP contribution in [-0.2, 0) is 0 Å². The van der Waals surface area contributed by atoms with Crippen LogP contribution in [0.1, 0.15) is 25.0 Å². The molecular weight excluding hydrogens is 284 g/mol. The molecule has 2 aromatic rings. The van der Waals surface area contributed by atoms with Gasteiger partial charge in [0.25, 0.3) is 0 Å². The quantitative estimate of drug-likeness (QED) is 0.902. The second-order valence-electron chi connectivity index (χ2n) is 5.87. The monoisotopic (exact) mass is 306 g/mol. The maximum Gasteiger partial charge on any atom is 0.125 e. The lowest BCUT2D eigenvalue weighted by molar-refractivity contribution is 0.382. The number of hydrogen-bond donors (Lipinski definition) is 2. The highest BCUT2D eigenvalue weighted by Gasteiger charge is 2.21. The second-order valence-corrected chi connectivity index (χ2v) is 5.87. The van der Waals surface area contributed by atoms with Gasteiger partial charge in [-0.15, -0.1) is 0 Å². The van der Waals surface area contributed by atoms with Crippen LogP contribution in [0, 0.1) is 6.92 Å². The fraction of sp³-hybridized carbons (Fsp3) is 0.211. The third-order valence-electron chi connectivity index (χ3n) is 4.18. The number of aryl methyl sites for hydroxylation is 1. The SMILES string of the molecule is CC1=C(Nc2ccc(C)cc2)NN(C)C(c2ccncc2)=C1C. The van der Waals surface area contributed by atoms with E-state index in [2.05, 4.69) is 60.8 Å². The minimum absolute atomic E-state index is 1.01. The van der Waals surface area contributed by atoms with Crippen LogP contribution in [-0.4, -0.2) is 17.0 Å². The molecule has 2 heterocycles. The Hall–Kier alpha value is -2.75. The van der Waals surface area contributed by atoms with Crippen molar-refractivity contribution in [2.75, 3.05) is 12.4 Å². The number of rotatable bonds is 3. The summed E-state index contributed by atoms with van der Waals surface area (Å²) < 4.78 is 0. The van der Waals surface area contributed by atoms with Crippen molar-refractivity contribution in [2.45, 2.75) is 20.8 Å². The van der Waals surface area contributed by atoms with E-state index in [1.54, 1.807) is 0 Å². The zero-order chi connectivity index (χ0) is 16.4. The molecule has 1 aliphatic rings. The first kappa shape index (κ1) is 15.2. The van der Waals surface area contributed by atoms with E-state index >= 15 is 0 Å². The van der Waals surface area contributed by atoms with Gasteiger partial charge in [-0.1, -0.05) is 17.7 Å². The van der Waals surface area contributed by atoms with E-state index < -0.39 is 0 Å². The molecule has 0 aliphatic carbocycles. The highest BCUT2D eigenvalue weighted by Crippen LogP contribution is 2.30. The number of benzene rings is 1. The first-order valence-corrected chi connectivity index (χ1v) is 7.73. The van der Waals surface area contributed by atoms with Gasteiger partial charge in [-0.05, 0) is 56.2 Å². The first-order valence-electron chi connectivity index (χ1n) is 7.73. The van der Waals surface area contributed by atoms with Gasteiger partial charge in [-0.25, -0.2) is 0 Å². The summed E-state index contributed by atoms with van der Waals surface area (Å²) in [6, 6.07) is 12.5. The highest BCUT2D eigenvalue weighted by molar-refractivity contribution is 5.72. The Labute approximate surface area is 137 Å². The molecule has 0 spiro atoms. The van der Waals surface area contributed by atoms with Crippen LogP contribution < -0.4 is 10.7 Å². The van der Waals surface area contributed by atoms with Gasteiger partial charge in [0.05, 0.1) is 5.70 Å². The molecule has 1 aromatic heterocycles. The minimum atomic E-state index is 1.01. The summed E-state index contributed by atoms with van der Waals surface area (Å²) in [5, 5.41) is 5.52. The molecule has 0 fully saturated rings. The van der Waals surface area contributed by atoms with Gasteiger partial charge in [0.1, 0.15) is 5.82 Å². The van der Waals surface area contributed by atoms with E-state index in [1.165, 1.54) is 22.4 Å². The number of nitrogens with zero attached hydrogens (tertiary/aromatic N) is 2. The number of nitrogens with one attached hydrogen (secondary N) is 2. The minimum Gasteiger partial charge on any atom is -0.340 e. The smallest absolute Gasteiger partial charge is 0.125 e. The van der Waals surface area contributed by atoms with Crippen LogP contribution in [0.25, 0.3) is 5.70 Å². The number of aromatic nitrogens is 1. The van der Waals surface area contributed by atoms with Gasteiger partial charge in [-0.3, -0.25) is 15.4 Å². The molecule has 0 saturated carbocycles. The molecule has 0 unspecified atom stereocenters. The Morgan fingerprint density at radius 2 is 1.57 bits per heavy atom. The molecule has 4 nitrogen and oxygen atoms in total. The lowest BCUT2D eigenvalue weighted by Crippen LogP contribution is -2.39. The summed E-state index contributed by atoms with van der Waals surface area (Å²) in [6.07, 6.45) is 3.64. The predicted molar refractivity (Wildman–Crippen MR) is 95.2 cm³/mol. The van der Waals surface area contributed by atoms with Crippen molar-refractivity contribution in [3.8, 4) is 0 Å². The van der Waals surface area contributed by atoms with E-state index in [-0.39, 0.29) is 0 Å². The van der Waals surface area contributed by atoms with E-state index in [4.69, 9.17) is 0 Å². The first-order chi connectivity index (χ1) is 11.1. The third-order valence-corrected chi connectivity index (χ3v) is 4.18. The Kier molecular flexibility index (Phi) is 4.06. The second kappa shape index (κ2) is 6.16. The standard InChI is InChI=1S/C19H22N4/c1-13-5-7-17(8-6-13)21-19-15(3)14(2)18(23(4)22-19)16-9-11-20-12-10-16/h5-12,21-22H,1-4H3. The molecule has 0 saturated heterocycles. The summed E-state index contributed by atoms with van der Waals surface area (Å²) in [7, 11) is 2.03. The molecule has 0 bridgehead atoms. The molecule has 23 heavy (non-hydrogen) atoms. The van der Waals surface area contributed by atoms with Gasteiger partial charge in [0.15, 0.2) is 0 Å². The number of hydrazine groups is 1. The predicted octanol–water partition coefficient (Wildman–Crippen LogP) is 3.91. The Bertz CT molecular complexity index is 758. The molecule has 0 amide bonds. The molecule has 1 aliphatic heterocycles. The molecular formula is C19H22N4. The number of hydrogen-bond acceptors (Lipinski definition) is 4. The Morgan fingerprint density at radius 1 is 0.913 bits per heavy atom. The summed E-state index contributed by atoms with van der Waals surface area (Å²) in [6.45, 7) is 6.38. The van der Waals surface area contributed by atoms with Gasteiger partial charge in [0, 0.05) is 30.7 Å². The number of allylic oxidation sites excluding steroid dienone is 2. The fourth-order valence-corrected chi connectivity index (χ4v) is 2.75. The van der Waals surface area contributed by atoms with E-state index in [1.807, 2.05) is 36.6 Å². The summed E-state index contributed by atoms with van der Waals surface area (Å²) in [5.74, 6) is 1.01. The highest BCUT2D eigenvalue weighted by atomic mass is 15.5. The van der Waals surface area contributed by atoms with Crippen LogP contribution in [0.15, 0.2) is 65.8 Å². The normalized spacial score (nSPS) is 14.9. The maximum absolute atomic E-state index is 4.10. The van der Waals surface area contributed by atoms with Gasteiger partial charge in [0.2, 0.25) is 0 Å². The van der Waals surface area contributed by atoms with Crippen molar-refractivity contribution in [1.82, 2.24) is 15.4 Å². The largest absolute Gasteiger partial charge is 0.340 e. The van der Waals surface area contributed by atoms with Crippen molar-refractivity contribution in [3.05, 3.63) is 76.9 Å². The molecule has 2 N–H and O–H groups in total. The van der Waals surface area contributed by atoms with Crippen LogP contribution in [0.2, 0.25) is 0 Å². The summed E-state index contributed by atoms with van der Waals surface area (Å²) >= 11 is 0. The number of pyridine rings is 1. The van der Waals surface area contributed by atoms with Crippen molar-refractivity contribution in [3.63, 3.8) is 0 Å². The summed E-state index contributed by atoms with van der Waals surface area (Å²) in [4.78, 5) is 4.10. The zero-order valence-corrected chi connectivity index (χ0v) is 14.0. The maximum atomic E-state index is 4.10. The zero-order valence-electron chi connectivity index (χ0n) is 14.0. The fourth-order valence-electron chi connectivity index (χ4n) is 2.75. The van der Waals surface area contributed by atoms with E-state index in [0.717, 1.165) is 17.1 Å². The molecule has 118 valence electrons. The van der Waals surface area contributed by atoms with Crippen molar-refractivity contribution >= 4 is 11.4 Å². The molecule has 1 aromatic carbocycles. The van der Waals surface area contributed by atoms with Crippen molar-refractivity contribution in [2.24, 2.45) is 0 Å². The van der Waals surface area contributed by atoms with Gasteiger partial charge >= 0.3 is 0 Å². The van der Waals surface area contributed by atoms with Crippen LogP contribution >= 0.6 is 0 Å². The third kappa shape index (κ3) is 3.06. The lowest BCUT2D eigenvalue weighted by atomic mass is 10.0. The van der Waals surface area contributed by atoms with Crippen LogP contribution in [0.4, 0.5) is 5.69 Å². The van der Waals surface area contributed by atoms with Crippen LogP contribution in [0.3, 0.4) is 0 Å². The number of anilines is 1.